The number of imidazole rings is 1. The number of benzene rings is 1. The maximum atomic E-state index is 5.32. The zero-order valence-electron chi connectivity index (χ0n) is 10.9. The summed E-state index contributed by atoms with van der Waals surface area (Å²) in [7, 11) is 3.74. The Balaban J connectivity index is 2.34. The molecule has 0 fully saturated rings. The first-order valence-electron chi connectivity index (χ1n) is 5.75. The maximum Gasteiger partial charge on any atom is 0.243 e. The van der Waals surface area contributed by atoms with Crippen LogP contribution in [-0.2, 0) is 13.6 Å². The largest absolute Gasteiger partial charge is 0.497 e. The zero-order valence-corrected chi connectivity index (χ0v) is 10.9. The molecule has 3 nitrogen and oxygen atoms in total. The van der Waals surface area contributed by atoms with Crippen LogP contribution in [0.5, 0.6) is 5.75 Å². The van der Waals surface area contributed by atoms with Gasteiger partial charge in [-0.1, -0.05) is 0 Å². The normalized spacial score (nSPS) is 10.6. The standard InChI is InChI=1S/C14H19N2O/c1-11-7-14(17-4)8-13(12(11)2)9-16-6-5-15(3)10-16/h5-8,10H,9H2,1-4H3/q+1. The van der Waals surface area contributed by atoms with Crippen molar-refractivity contribution in [1.29, 1.82) is 0 Å². The van der Waals surface area contributed by atoms with E-state index in [0.717, 1.165) is 12.3 Å². The van der Waals surface area contributed by atoms with Gasteiger partial charge in [-0.3, -0.25) is 0 Å². The molecule has 0 saturated heterocycles. The summed E-state index contributed by atoms with van der Waals surface area (Å²) in [6.07, 6.45) is 6.20. The van der Waals surface area contributed by atoms with E-state index in [-0.39, 0.29) is 0 Å². The lowest BCUT2D eigenvalue weighted by atomic mass is 10.0. The summed E-state index contributed by atoms with van der Waals surface area (Å²) in [6, 6.07) is 4.19. The third-order valence-corrected chi connectivity index (χ3v) is 3.16. The number of nitrogens with zero attached hydrogens (tertiary/aromatic N) is 2. The second-order valence-electron chi connectivity index (χ2n) is 4.48. The molecule has 2 aromatic rings. The van der Waals surface area contributed by atoms with Gasteiger partial charge in [-0.2, -0.15) is 0 Å². The molecule has 0 saturated carbocycles. The molecule has 0 aliphatic carbocycles. The van der Waals surface area contributed by atoms with Crippen molar-refractivity contribution in [1.82, 2.24) is 4.57 Å². The number of hydrogen-bond acceptors (Lipinski definition) is 1. The van der Waals surface area contributed by atoms with Crippen LogP contribution in [0.25, 0.3) is 0 Å². The highest BCUT2D eigenvalue weighted by Crippen LogP contribution is 2.22. The summed E-state index contributed by atoms with van der Waals surface area (Å²) in [5, 5.41) is 0. The number of aromatic nitrogens is 2. The number of aryl methyl sites for hydroxylation is 2. The molecule has 0 radical (unpaired) electrons. The Labute approximate surface area is 102 Å². The molecule has 1 aromatic heterocycles. The van der Waals surface area contributed by atoms with E-state index in [1.165, 1.54) is 16.7 Å². The smallest absolute Gasteiger partial charge is 0.243 e. The van der Waals surface area contributed by atoms with E-state index in [2.05, 4.69) is 43.1 Å². The summed E-state index contributed by atoms with van der Waals surface area (Å²) < 4.78 is 9.53. The van der Waals surface area contributed by atoms with Crippen LogP contribution in [0.1, 0.15) is 16.7 Å². The number of methoxy groups -OCH3 is 1. The minimum absolute atomic E-state index is 0.880. The van der Waals surface area contributed by atoms with Crippen LogP contribution in [-0.4, -0.2) is 11.7 Å². The Bertz CT molecular complexity index is 529. The minimum atomic E-state index is 0.880. The maximum absolute atomic E-state index is 5.32. The summed E-state index contributed by atoms with van der Waals surface area (Å²) in [5.41, 5.74) is 3.91. The van der Waals surface area contributed by atoms with Crippen molar-refractivity contribution < 1.29 is 9.30 Å². The SMILES string of the molecule is COc1cc(C)c(C)c(Cn2cc[n+](C)c2)c1. The van der Waals surface area contributed by atoms with E-state index in [4.69, 9.17) is 4.74 Å². The molecule has 17 heavy (non-hydrogen) atoms. The highest BCUT2D eigenvalue weighted by molar-refractivity contribution is 5.41. The van der Waals surface area contributed by atoms with Gasteiger partial charge in [0.1, 0.15) is 24.7 Å². The highest BCUT2D eigenvalue weighted by atomic mass is 16.5. The third-order valence-electron chi connectivity index (χ3n) is 3.16. The fourth-order valence-corrected chi connectivity index (χ4v) is 1.97. The average molecular weight is 231 g/mol. The van der Waals surface area contributed by atoms with E-state index in [1.807, 2.05) is 17.8 Å². The lowest BCUT2D eigenvalue weighted by molar-refractivity contribution is -0.671. The molecule has 2 rings (SSSR count). The molecule has 3 heteroatoms. The molecular weight excluding hydrogens is 212 g/mol. The Morgan fingerprint density at radius 1 is 1.29 bits per heavy atom. The van der Waals surface area contributed by atoms with Crippen LogP contribution >= 0.6 is 0 Å². The van der Waals surface area contributed by atoms with E-state index in [0.29, 0.717) is 0 Å². The summed E-state index contributed by atoms with van der Waals surface area (Å²) in [4.78, 5) is 0. The van der Waals surface area contributed by atoms with Crippen LogP contribution in [0, 0.1) is 13.8 Å². The van der Waals surface area contributed by atoms with Crippen molar-refractivity contribution in [3.63, 3.8) is 0 Å². The molecule has 90 valence electrons. The second kappa shape index (κ2) is 4.62. The van der Waals surface area contributed by atoms with Crippen molar-refractivity contribution in [2.24, 2.45) is 7.05 Å². The van der Waals surface area contributed by atoms with Crippen LogP contribution in [0.4, 0.5) is 0 Å². The van der Waals surface area contributed by atoms with Crippen LogP contribution in [0.2, 0.25) is 0 Å². The Hall–Kier alpha value is -1.77. The molecule has 1 heterocycles. The number of rotatable bonds is 3. The fraction of sp³-hybridized carbons (Fsp3) is 0.357. The molecule has 0 spiro atoms. The molecule has 0 aliphatic rings. The van der Waals surface area contributed by atoms with E-state index < -0.39 is 0 Å². The van der Waals surface area contributed by atoms with E-state index >= 15 is 0 Å². The molecule has 1 aromatic carbocycles. The van der Waals surface area contributed by atoms with Gasteiger partial charge < -0.3 is 4.74 Å². The van der Waals surface area contributed by atoms with E-state index in [9.17, 15) is 0 Å². The fourth-order valence-electron chi connectivity index (χ4n) is 1.97. The molecular formula is C14H19N2O+. The molecule has 0 aliphatic heterocycles. The van der Waals surface area contributed by atoms with Gasteiger partial charge in [0.15, 0.2) is 0 Å². The van der Waals surface area contributed by atoms with Crippen LogP contribution in [0.15, 0.2) is 30.9 Å². The summed E-state index contributed by atoms with van der Waals surface area (Å²) in [6.45, 7) is 5.16. The highest BCUT2D eigenvalue weighted by Gasteiger charge is 2.08. The number of hydrogen-bond donors (Lipinski definition) is 0. The van der Waals surface area contributed by atoms with Gasteiger partial charge in [-0.15, -0.1) is 0 Å². The lowest BCUT2D eigenvalue weighted by Crippen LogP contribution is -2.23. The Morgan fingerprint density at radius 2 is 2.06 bits per heavy atom. The van der Waals surface area contributed by atoms with Gasteiger partial charge in [0.25, 0.3) is 0 Å². The van der Waals surface area contributed by atoms with Crippen molar-refractivity contribution in [3.05, 3.63) is 47.5 Å². The Kier molecular flexibility index (Phi) is 3.18. The zero-order chi connectivity index (χ0) is 12.4. The van der Waals surface area contributed by atoms with Gasteiger partial charge in [0.05, 0.1) is 14.2 Å². The van der Waals surface area contributed by atoms with Crippen LogP contribution in [0.3, 0.4) is 0 Å². The van der Waals surface area contributed by atoms with Gasteiger partial charge >= 0.3 is 0 Å². The van der Waals surface area contributed by atoms with Crippen molar-refractivity contribution >= 4 is 0 Å². The summed E-state index contributed by atoms with van der Waals surface area (Å²) in [5.74, 6) is 0.930. The van der Waals surface area contributed by atoms with Crippen LogP contribution < -0.4 is 9.30 Å². The third kappa shape index (κ3) is 2.49. The van der Waals surface area contributed by atoms with Gasteiger partial charge in [-0.05, 0) is 37.1 Å². The number of ether oxygens (including phenoxy) is 1. The molecule has 0 amide bonds. The van der Waals surface area contributed by atoms with Crippen molar-refractivity contribution in [2.75, 3.05) is 7.11 Å². The minimum Gasteiger partial charge on any atom is -0.497 e. The van der Waals surface area contributed by atoms with Crippen molar-refractivity contribution in [3.8, 4) is 5.75 Å². The second-order valence-corrected chi connectivity index (χ2v) is 4.48. The predicted octanol–water partition coefficient (Wildman–Crippen LogP) is 1.99. The Morgan fingerprint density at radius 3 is 2.65 bits per heavy atom. The monoisotopic (exact) mass is 231 g/mol. The molecule has 0 atom stereocenters. The van der Waals surface area contributed by atoms with E-state index in [1.54, 1.807) is 7.11 Å². The topological polar surface area (TPSA) is 18.0 Å². The summed E-state index contributed by atoms with van der Waals surface area (Å²) >= 11 is 0. The van der Waals surface area contributed by atoms with Gasteiger partial charge in [0, 0.05) is 5.56 Å². The lowest BCUT2D eigenvalue weighted by Gasteiger charge is -2.10. The quantitative estimate of drug-likeness (QED) is 0.739. The molecule has 0 bridgehead atoms. The van der Waals surface area contributed by atoms with Gasteiger partial charge in [-0.25, -0.2) is 9.13 Å². The van der Waals surface area contributed by atoms with Crippen molar-refractivity contribution in [2.45, 2.75) is 20.4 Å². The molecule has 0 unspecified atom stereocenters. The molecule has 0 N–H and O–H groups in total. The first-order chi connectivity index (χ1) is 8.10. The average Bonchev–Trinajstić information content (AvgIpc) is 2.70. The first-order valence-corrected chi connectivity index (χ1v) is 5.75. The first kappa shape index (κ1) is 11.7. The predicted molar refractivity (Wildman–Crippen MR) is 67.2 cm³/mol. The van der Waals surface area contributed by atoms with Gasteiger partial charge in [0.2, 0.25) is 6.33 Å².